The lowest BCUT2D eigenvalue weighted by Gasteiger charge is -2.11. The molecule has 0 amide bonds. The van der Waals surface area contributed by atoms with Crippen LogP contribution in [0, 0.1) is 11.6 Å². The number of aromatic nitrogens is 2. The minimum Gasteiger partial charge on any atom is -0.465 e. The lowest BCUT2D eigenvalue weighted by atomic mass is 10.2. The fourth-order valence-electron chi connectivity index (χ4n) is 1.58. The Bertz CT molecular complexity index is 684. The molecule has 0 aliphatic rings. The molecule has 0 aliphatic heterocycles. The number of nitrogens with zero attached hydrogens (tertiary/aromatic N) is 2. The fraction of sp³-hybridized carbons (Fsp3) is 0.0714. The quantitative estimate of drug-likeness (QED) is 0.811. The largest absolute Gasteiger partial charge is 0.465 e. The average molecular weight is 292 g/mol. The van der Waals surface area contributed by atoms with Crippen molar-refractivity contribution in [1.29, 1.82) is 0 Å². The smallest absolute Gasteiger partial charge is 0.345 e. The van der Waals surface area contributed by atoms with Crippen LogP contribution < -0.4 is 4.74 Å². The molecule has 108 valence electrons. The number of hydrogen-bond acceptors (Lipinski definition) is 5. The number of carbonyl (C=O) groups excluding carboxylic acids is 1. The van der Waals surface area contributed by atoms with Crippen LogP contribution in [0.4, 0.5) is 8.78 Å². The van der Waals surface area contributed by atoms with Gasteiger partial charge in [0.25, 0.3) is 0 Å². The first-order chi connectivity index (χ1) is 10.1. The zero-order chi connectivity index (χ0) is 15.4. The molecule has 1 aromatic carbocycles. The van der Waals surface area contributed by atoms with Crippen LogP contribution in [-0.2, 0) is 4.74 Å². The molecular weight excluding hydrogens is 282 g/mol. The van der Waals surface area contributed by atoms with Crippen molar-refractivity contribution >= 4 is 12.0 Å². The zero-order valence-corrected chi connectivity index (χ0v) is 11.0. The fourth-order valence-corrected chi connectivity index (χ4v) is 1.58. The van der Waals surface area contributed by atoms with E-state index < -0.39 is 23.4 Å². The second-order valence-corrected chi connectivity index (χ2v) is 3.79. The average Bonchev–Trinajstić information content (AvgIpc) is 2.50. The molecule has 2 aromatic rings. The van der Waals surface area contributed by atoms with Crippen LogP contribution in [0.2, 0.25) is 0 Å². The monoisotopic (exact) mass is 292 g/mol. The summed E-state index contributed by atoms with van der Waals surface area (Å²) in [5.41, 5.74) is -0.0405. The van der Waals surface area contributed by atoms with Crippen molar-refractivity contribution in [3.63, 3.8) is 0 Å². The maximum absolute atomic E-state index is 13.6. The Labute approximate surface area is 118 Å². The molecule has 21 heavy (non-hydrogen) atoms. The molecule has 5 nitrogen and oxygen atoms in total. The van der Waals surface area contributed by atoms with Gasteiger partial charge in [-0.2, -0.15) is 0 Å². The lowest BCUT2D eigenvalue weighted by Crippen LogP contribution is -2.09. The van der Waals surface area contributed by atoms with Gasteiger partial charge in [0.15, 0.2) is 11.6 Å². The molecule has 0 N–H and O–H groups in total. The zero-order valence-electron chi connectivity index (χ0n) is 11.0. The summed E-state index contributed by atoms with van der Waals surface area (Å²) in [5.74, 6) is -3.65. The van der Waals surface area contributed by atoms with E-state index in [1.807, 2.05) is 0 Å². The maximum atomic E-state index is 13.6. The van der Waals surface area contributed by atoms with Gasteiger partial charge in [0, 0.05) is 0 Å². The van der Waals surface area contributed by atoms with Gasteiger partial charge in [-0.3, -0.25) is 0 Å². The summed E-state index contributed by atoms with van der Waals surface area (Å²) in [4.78, 5) is 19.3. The molecule has 0 unspecified atom stereocenters. The summed E-state index contributed by atoms with van der Waals surface area (Å²) in [6.45, 7) is 3.49. The topological polar surface area (TPSA) is 61.3 Å². The van der Waals surface area contributed by atoms with E-state index in [1.54, 1.807) is 0 Å². The first-order valence-electron chi connectivity index (χ1n) is 5.76. The molecule has 0 bridgehead atoms. The van der Waals surface area contributed by atoms with Crippen molar-refractivity contribution in [2.75, 3.05) is 7.11 Å². The Kier molecular flexibility index (Phi) is 4.22. The normalized spacial score (nSPS) is 10.0. The minimum atomic E-state index is -0.926. The van der Waals surface area contributed by atoms with Crippen molar-refractivity contribution in [2.24, 2.45) is 0 Å². The molecule has 0 saturated carbocycles. The Morgan fingerprint density at radius 2 is 1.95 bits per heavy atom. The Morgan fingerprint density at radius 1 is 1.29 bits per heavy atom. The van der Waals surface area contributed by atoms with Crippen LogP contribution in [0.1, 0.15) is 16.1 Å². The molecule has 0 atom stereocenters. The van der Waals surface area contributed by atoms with Gasteiger partial charge in [0.05, 0.1) is 12.8 Å². The number of halogens is 2. The van der Waals surface area contributed by atoms with Gasteiger partial charge in [0.2, 0.25) is 11.6 Å². The number of rotatable bonds is 4. The van der Waals surface area contributed by atoms with Gasteiger partial charge in [-0.1, -0.05) is 12.6 Å². The van der Waals surface area contributed by atoms with Crippen molar-refractivity contribution < 1.29 is 23.0 Å². The predicted octanol–water partition coefficient (Wildman–Crippen LogP) is 2.98. The summed E-state index contributed by atoms with van der Waals surface area (Å²) in [5, 5.41) is 0. The van der Waals surface area contributed by atoms with E-state index in [0.29, 0.717) is 0 Å². The summed E-state index contributed by atoms with van der Waals surface area (Å²) in [6.07, 6.45) is 2.36. The van der Waals surface area contributed by atoms with Crippen LogP contribution in [0.25, 0.3) is 6.08 Å². The summed E-state index contributed by atoms with van der Waals surface area (Å²) >= 11 is 0. The molecule has 2 rings (SSSR count). The van der Waals surface area contributed by atoms with E-state index in [2.05, 4.69) is 21.3 Å². The second-order valence-electron chi connectivity index (χ2n) is 3.79. The number of hydrogen-bond donors (Lipinski definition) is 0. The van der Waals surface area contributed by atoms with Gasteiger partial charge < -0.3 is 9.47 Å². The van der Waals surface area contributed by atoms with Gasteiger partial charge in [0.1, 0.15) is 11.9 Å². The third-order valence-corrected chi connectivity index (χ3v) is 2.54. The van der Waals surface area contributed by atoms with E-state index in [0.717, 1.165) is 25.6 Å². The third kappa shape index (κ3) is 2.86. The number of carbonyl (C=O) groups is 1. The molecule has 0 aliphatic carbocycles. The van der Waals surface area contributed by atoms with E-state index in [-0.39, 0.29) is 17.1 Å². The highest BCUT2D eigenvalue weighted by molar-refractivity contribution is 5.95. The molecule has 0 radical (unpaired) electrons. The molecule has 0 saturated heterocycles. The van der Waals surface area contributed by atoms with Crippen LogP contribution >= 0.6 is 0 Å². The van der Waals surface area contributed by atoms with Crippen molar-refractivity contribution in [3.8, 4) is 11.6 Å². The molecule has 1 aromatic heterocycles. The Hall–Kier alpha value is -2.83. The van der Waals surface area contributed by atoms with Crippen LogP contribution in [0.3, 0.4) is 0 Å². The highest BCUT2D eigenvalue weighted by Crippen LogP contribution is 2.29. The summed E-state index contributed by atoms with van der Waals surface area (Å²) in [6, 6.07) is 3.23. The number of para-hydroxylation sites is 1. The molecule has 0 fully saturated rings. The summed E-state index contributed by atoms with van der Waals surface area (Å²) < 4.78 is 36.8. The first kappa shape index (κ1) is 14.6. The Balaban J connectivity index is 2.54. The van der Waals surface area contributed by atoms with Crippen LogP contribution in [0.5, 0.6) is 11.6 Å². The van der Waals surface area contributed by atoms with E-state index in [1.165, 1.54) is 12.1 Å². The second kappa shape index (κ2) is 6.08. The number of ether oxygens (including phenoxy) is 2. The maximum Gasteiger partial charge on any atom is 0.345 e. The SMILES string of the molecule is C=Cc1ncnc(Oc2c(F)cccc2F)c1C(=O)OC. The highest BCUT2D eigenvalue weighted by atomic mass is 19.1. The van der Waals surface area contributed by atoms with Crippen molar-refractivity contribution in [3.05, 3.63) is 54.0 Å². The standard InChI is InChI=1S/C14H10F2N2O3/c1-3-10-11(14(19)20-2)13(18-7-17-10)21-12-8(15)5-4-6-9(12)16/h3-7H,1H2,2H3. The molecule has 1 heterocycles. The van der Waals surface area contributed by atoms with Gasteiger partial charge in [-0.25, -0.2) is 23.5 Å². The van der Waals surface area contributed by atoms with Gasteiger partial charge in [-0.05, 0) is 18.2 Å². The number of methoxy groups -OCH3 is 1. The first-order valence-corrected chi connectivity index (χ1v) is 5.76. The van der Waals surface area contributed by atoms with Crippen LogP contribution in [0.15, 0.2) is 31.1 Å². The Morgan fingerprint density at radius 3 is 2.52 bits per heavy atom. The van der Waals surface area contributed by atoms with Crippen LogP contribution in [-0.4, -0.2) is 23.0 Å². The number of benzene rings is 1. The molecular formula is C14H10F2N2O3. The number of esters is 1. The highest BCUT2D eigenvalue weighted by Gasteiger charge is 2.22. The minimum absolute atomic E-state index is 0.128. The van der Waals surface area contributed by atoms with E-state index in [4.69, 9.17) is 4.74 Å². The van der Waals surface area contributed by atoms with Crippen molar-refractivity contribution in [2.45, 2.75) is 0 Å². The molecule has 7 heteroatoms. The lowest BCUT2D eigenvalue weighted by molar-refractivity contribution is 0.0596. The molecule has 0 spiro atoms. The van der Waals surface area contributed by atoms with E-state index >= 15 is 0 Å². The third-order valence-electron chi connectivity index (χ3n) is 2.54. The summed E-state index contributed by atoms with van der Waals surface area (Å²) in [7, 11) is 1.15. The van der Waals surface area contributed by atoms with Gasteiger partial charge >= 0.3 is 5.97 Å². The van der Waals surface area contributed by atoms with E-state index in [9.17, 15) is 13.6 Å². The van der Waals surface area contributed by atoms with Crippen molar-refractivity contribution in [1.82, 2.24) is 9.97 Å². The predicted molar refractivity (Wildman–Crippen MR) is 69.9 cm³/mol. The van der Waals surface area contributed by atoms with Gasteiger partial charge in [-0.15, -0.1) is 0 Å².